The Balaban J connectivity index is 1.19. The van der Waals surface area contributed by atoms with Crippen molar-refractivity contribution in [3.8, 4) is 5.75 Å². The third kappa shape index (κ3) is 31.7. The van der Waals surface area contributed by atoms with Crippen molar-refractivity contribution in [3.63, 3.8) is 0 Å². The molecule has 0 saturated carbocycles. The molecule has 4 aromatic carbocycles. The van der Waals surface area contributed by atoms with Crippen LogP contribution < -0.4 is 103 Å². The van der Waals surface area contributed by atoms with Gasteiger partial charge in [0.05, 0.1) is 38.3 Å². The largest absolute Gasteiger partial charge is 0.508 e. The number of primary amides is 3. The van der Waals surface area contributed by atoms with Gasteiger partial charge < -0.3 is 128 Å². The van der Waals surface area contributed by atoms with E-state index in [0.29, 0.717) is 50.5 Å². The number of carbonyl (C=O) groups is 18. The van der Waals surface area contributed by atoms with Gasteiger partial charge in [-0.05, 0) is 72.2 Å². The topological polar surface area (TPSA) is 722 Å². The summed E-state index contributed by atoms with van der Waals surface area (Å²) in [5.41, 5.74) is 31.0. The van der Waals surface area contributed by atoms with Gasteiger partial charge in [-0.25, -0.2) is 4.79 Å². The van der Waals surface area contributed by atoms with Crippen LogP contribution in [-0.4, -0.2) is 241 Å². The number of nitrogens with one attached hydrogen (secondary N) is 17. The van der Waals surface area contributed by atoms with E-state index >= 15 is 4.79 Å². The summed E-state index contributed by atoms with van der Waals surface area (Å²) >= 11 is 8.44. The minimum atomic E-state index is -1.98. The third-order valence-electron chi connectivity index (χ3n) is 18.9. The van der Waals surface area contributed by atoms with Crippen LogP contribution in [-0.2, 0) is 112 Å². The van der Waals surface area contributed by atoms with Crippen molar-refractivity contribution in [1.82, 2.24) is 84.4 Å². The lowest BCUT2D eigenvalue weighted by Gasteiger charge is -2.27. The second-order valence-electron chi connectivity index (χ2n) is 28.9. The Bertz CT molecular complexity index is 4840. The van der Waals surface area contributed by atoms with E-state index in [2.05, 4.69) is 104 Å². The molecule has 6 aromatic rings. The number of aromatic nitrogens is 2. The molecule has 0 unspecified atom stereocenters. The zero-order chi connectivity index (χ0) is 90.9. The highest BCUT2D eigenvalue weighted by Crippen LogP contribution is 2.22. The Morgan fingerprint density at radius 3 is 1.23 bits per heavy atom. The van der Waals surface area contributed by atoms with Gasteiger partial charge in [0.25, 0.3) is 0 Å². The van der Waals surface area contributed by atoms with E-state index in [-0.39, 0.29) is 50.4 Å². The molecule has 662 valence electrons. The Kier molecular flexibility index (Phi) is 38.1. The molecule has 0 aliphatic rings. The van der Waals surface area contributed by atoms with Crippen molar-refractivity contribution in [2.45, 2.75) is 164 Å². The van der Waals surface area contributed by atoms with Crippen molar-refractivity contribution in [2.75, 3.05) is 24.6 Å². The summed E-state index contributed by atoms with van der Waals surface area (Å²) in [6.07, 6.45) is -1.29. The van der Waals surface area contributed by atoms with Crippen molar-refractivity contribution >= 4 is 159 Å². The zero-order valence-corrected chi connectivity index (χ0v) is 68.7. The minimum absolute atomic E-state index is 0.0928. The Hall–Kier alpha value is -13.8. The summed E-state index contributed by atoms with van der Waals surface area (Å²) in [5.74, 6) is -23.2. The van der Waals surface area contributed by atoms with E-state index in [1.165, 1.54) is 38.1 Å². The van der Waals surface area contributed by atoms with E-state index < -0.39 is 235 Å². The second kappa shape index (κ2) is 47.8. The van der Waals surface area contributed by atoms with Crippen LogP contribution in [0, 0.1) is 11.3 Å². The lowest BCUT2D eigenvalue weighted by atomic mass is 10.0. The first-order chi connectivity index (χ1) is 58.2. The average Bonchev–Trinajstić information content (AvgIpc) is 1.70. The first-order valence-electron chi connectivity index (χ1n) is 38.4. The van der Waals surface area contributed by atoms with E-state index in [9.17, 15) is 96.8 Å². The molecule has 2 heterocycles. The maximum Gasteiger partial charge on any atom is 0.326 e. The molecule has 16 amide bonds. The molecule has 13 atom stereocenters. The summed E-state index contributed by atoms with van der Waals surface area (Å²) in [5, 5.41) is 71.4. The molecule has 0 fully saturated rings. The number of carbonyl (C=O) groups excluding carboxylic acids is 16. The maximum absolute atomic E-state index is 15.0. The monoisotopic (exact) mass is 1750 g/mol. The van der Waals surface area contributed by atoms with Crippen molar-refractivity contribution in [2.24, 2.45) is 34.6 Å². The van der Waals surface area contributed by atoms with E-state index in [0.717, 1.165) is 6.92 Å². The summed E-state index contributed by atoms with van der Waals surface area (Å²) in [4.78, 5) is 250. The number of carboxylic acids is 2. The summed E-state index contributed by atoms with van der Waals surface area (Å²) in [6.45, 7) is 3.28. The molecule has 0 radical (unpaired) electrons. The van der Waals surface area contributed by atoms with Crippen molar-refractivity contribution in [1.29, 1.82) is 5.41 Å². The van der Waals surface area contributed by atoms with Crippen LogP contribution in [0.2, 0.25) is 0 Å². The molecule has 30 N–H and O–H groups in total. The van der Waals surface area contributed by atoms with Gasteiger partial charge in [-0.3, -0.25) is 86.9 Å². The number of aliphatic carboxylic acids is 2. The normalized spacial score (nSPS) is 14.2. The number of hydrogen-bond acceptors (Lipinski definition) is 23. The third-order valence-corrected chi connectivity index (χ3v) is 19.6. The van der Waals surface area contributed by atoms with Gasteiger partial charge >= 0.3 is 11.9 Å². The molecule has 6 rings (SSSR count). The highest BCUT2D eigenvalue weighted by Gasteiger charge is 2.39. The molecule has 123 heavy (non-hydrogen) atoms. The number of benzene rings is 4. The molecule has 0 aliphatic heterocycles. The Labute approximate surface area is 713 Å². The average molecular weight is 1750 g/mol. The number of aromatic hydroxyl groups is 1. The van der Waals surface area contributed by atoms with E-state index in [1.807, 2.05) is 5.32 Å². The number of rotatable bonds is 50. The number of thiol groups is 2. The van der Waals surface area contributed by atoms with Gasteiger partial charge in [0, 0.05) is 77.9 Å². The molecule has 0 spiro atoms. The molecular formula is C78H102N22O21S2. The Morgan fingerprint density at radius 2 is 0.780 bits per heavy atom. The zero-order valence-electron chi connectivity index (χ0n) is 66.9. The van der Waals surface area contributed by atoms with Gasteiger partial charge in [0.2, 0.25) is 94.5 Å². The smallest absolute Gasteiger partial charge is 0.326 e. The highest BCUT2D eigenvalue weighted by atomic mass is 32.1. The standard InChI is InChI=1S/C78H102N22O21S2/c1-37(2)64(76(119)96-54(29-60(81)103)73(116)99-58(36-123)75(118)95-55(31-63(106)107)68(111)89-38(3)65(108)97-56(77(120)121)30-61(82)104)100-62(105)34-88-67(110)51(26-41-32-86-47-17-9-7-14-44(41)47)92-70(113)50(24-39-12-5-4-6-13-39)91-72(115)53(28-59(80)102)94-74(117)57(35-122)98-71(114)52(27-42-33-87-48-18-10-8-15-45(42)48)93-69(112)49(25-40-19-21-43(101)22-20-40)90-66(109)46(79)16-11-23-85-78(83)84/h4-10,12-15,17-22,32-33,37-38,46,49-58,64,86-87,101,122-123H,11,16,23-31,34-36,79H2,1-3H3,(H2,80,102)(H2,81,103)(H2,82,104)(H,88,110)(H,89,111)(H,90,109)(H,91,115)(H,92,113)(H,93,112)(H,94,117)(H,95,118)(H,96,119)(H,97,108)(H,98,114)(H,99,116)(H,100,105)(H,106,107)(H,120,121)(H4,83,84,85)/t38-,46-,49-,50-,51-,52-,53-,54-,55-,56-,57-,58-,64-/m0/s1. The van der Waals surface area contributed by atoms with Gasteiger partial charge in [0.15, 0.2) is 5.96 Å². The number of amides is 16. The SMILES string of the molecule is CC(C)[C@H](NC(=O)CNC(=O)[C@H](Cc1c[nH]c2ccccc12)NC(=O)[C@H](Cc1ccccc1)NC(=O)[C@H](CC(N)=O)NC(=O)[C@H](CS)NC(=O)[C@H](Cc1c[nH]c2ccccc12)NC(=O)[C@H](Cc1ccc(O)cc1)NC(=O)[C@@H](N)CCCNC(=N)N)C(=O)N[C@@H](CC(N)=O)C(=O)N[C@@H](CS)C(=O)N[C@@H](CC(=O)O)C(=O)N[C@@H](C)C(=O)N[C@@H](CC(N)=O)C(=O)O. The molecule has 0 saturated heterocycles. The lowest BCUT2D eigenvalue weighted by Crippen LogP contribution is -2.61. The number of carboxylic acid groups (broad SMARTS) is 2. The van der Waals surface area contributed by atoms with Crippen LogP contribution in [0.15, 0.2) is 116 Å². The number of phenolic OH excluding ortho intramolecular Hbond substituents is 1. The first kappa shape index (κ1) is 98.0. The molecule has 0 bridgehead atoms. The van der Waals surface area contributed by atoms with Crippen molar-refractivity contribution < 1.29 is 102 Å². The van der Waals surface area contributed by atoms with E-state index in [4.69, 9.17) is 34.1 Å². The fourth-order valence-electron chi connectivity index (χ4n) is 12.4. The summed E-state index contributed by atoms with van der Waals surface area (Å²) < 4.78 is 0. The van der Waals surface area contributed by atoms with Crippen LogP contribution in [0.4, 0.5) is 0 Å². The molecular weight excluding hydrogens is 1650 g/mol. The van der Waals surface area contributed by atoms with Gasteiger partial charge in [-0.15, -0.1) is 0 Å². The summed E-state index contributed by atoms with van der Waals surface area (Å²) in [6, 6.07) is 6.10. The predicted octanol–water partition coefficient (Wildman–Crippen LogP) is -6.13. The first-order valence-corrected chi connectivity index (χ1v) is 39.7. The number of fused-ring (bicyclic) bond motifs is 2. The number of nitrogens with two attached hydrogens (primary N) is 5. The highest BCUT2D eigenvalue weighted by molar-refractivity contribution is 7.80. The number of hydrogen-bond donors (Lipinski definition) is 27. The number of H-pyrrole nitrogens is 2. The number of guanidine groups is 1. The number of para-hydroxylation sites is 2. The molecule has 0 aliphatic carbocycles. The van der Waals surface area contributed by atoms with Gasteiger partial charge in [0.1, 0.15) is 78.3 Å². The fourth-order valence-corrected chi connectivity index (χ4v) is 13.0. The minimum Gasteiger partial charge on any atom is -0.508 e. The number of phenols is 1. The van der Waals surface area contributed by atoms with Gasteiger partial charge in [-0.1, -0.05) is 92.7 Å². The predicted molar refractivity (Wildman–Crippen MR) is 449 cm³/mol. The molecule has 2 aromatic heterocycles. The van der Waals surface area contributed by atoms with Crippen molar-refractivity contribution in [3.05, 3.63) is 138 Å². The van der Waals surface area contributed by atoms with Crippen LogP contribution >= 0.6 is 25.3 Å². The number of aromatic amines is 2. The quantitative estimate of drug-likeness (QED) is 0.00731. The Morgan fingerprint density at radius 1 is 0.407 bits per heavy atom. The summed E-state index contributed by atoms with van der Waals surface area (Å²) in [7, 11) is 0. The maximum atomic E-state index is 15.0. The molecule has 43 nitrogen and oxygen atoms in total. The fraction of sp³-hybridized carbons (Fsp3) is 0.397. The van der Waals surface area contributed by atoms with Crippen LogP contribution in [0.1, 0.15) is 81.5 Å². The second-order valence-corrected chi connectivity index (χ2v) is 29.7. The molecule has 45 heteroatoms. The van der Waals surface area contributed by atoms with Crippen LogP contribution in [0.5, 0.6) is 5.75 Å². The van der Waals surface area contributed by atoms with Gasteiger partial charge in [-0.2, -0.15) is 25.3 Å². The van der Waals surface area contributed by atoms with E-state index in [1.54, 1.807) is 91.3 Å². The van der Waals surface area contributed by atoms with Crippen LogP contribution in [0.25, 0.3) is 21.8 Å². The van der Waals surface area contributed by atoms with Crippen LogP contribution in [0.3, 0.4) is 0 Å². The lowest BCUT2D eigenvalue weighted by molar-refractivity contribution is -0.144.